The average molecular weight is 305 g/mol. The van der Waals surface area contributed by atoms with Crippen LogP contribution in [-0.2, 0) is 4.84 Å². The van der Waals surface area contributed by atoms with Gasteiger partial charge in [-0.25, -0.2) is 13.6 Å². The average Bonchev–Trinajstić information content (AvgIpc) is 2.96. The fourth-order valence-corrected chi connectivity index (χ4v) is 2.60. The zero-order chi connectivity index (χ0) is 15.7. The zero-order valence-electron chi connectivity index (χ0n) is 11.5. The molecule has 22 heavy (non-hydrogen) atoms. The maximum absolute atomic E-state index is 13.9. The monoisotopic (exact) mass is 305 g/mol. The summed E-state index contributed by atoms with van der Waals surface area (Å²) in [6.45, 7) is 0.253. The van der Waals surface area contributed by atoms with Gasteiger partial charge in [0.05, 0.1) is 12.6 Å². The number of hydrogen-bond acceptors (Lipinski definition) is 2. The molecular formula is C16H13F2NO3. The zero-order valence-corrected chi connectivity index (χ0v) is 11.5. The second-order valence-electron chi connectivity index (χ2n) is 5.03. The van der Waals surface area contributed by atoms with Crippen molar-refractivity contribution in [2.75, 3.05) is 6.61 Å². The van der Waals surface area contributed by atoms with Crippen LogP contribution in [0.25, 0.3) is 11.1 Å². The third kappa shape index (κ3) is 2.78. The molecule has 1 heterocycles. The molecule has 0 saturated carbocycles. The van der Waals surface area contributed by atoms with E-state index in [2.05, 4.69) is 0 Å². The summed E-state index contributed by atoms with van der Waals surface area (Å²) in [7, 11) is 0. The van der Waals surface area contributed by atoms with Gasteiger partial charge in [-0.05, 0) is 47.0 Å². The van der Waals surface area contributed by atoms with Crippen molar-refractivity contribution in [2.45, 2.75) is 12.5 Å². The first-order valence-electron chi connectivity index (χ1n) is 6.76. The van der Waals surface area contributed by atoms with Crippen molar-refractivity contribution in [1.82, 2.24) is 5.06 Å². The van der Waals surface area contributed by atoms with Crippen LogP contribution in [0.2, 0.25) is 0 Å². The van der Waals surface area contributed by atoms with Gasteiger partial charge in [0.2, 0.25) is 0 Å². The van der Waals surface area contributed by atoms with Crippen LogP contribution >= 0.6 is 0 Å². The number of rotatable bonds is 2. The van der Waals surface area contributed by atoms with Crippen molar-refractivity contribution in [3.63, 3.8) is 0 Å². The summed E-state index contributed by atoms with van der Waals surface area (Å²) < 4.78 is 27.2. The van der Waals surface area contributed by atoms with E-state index in [1.54, 1.807) is 12.1 Å². The third-order valence-electron chi connectivity index (χ3n) is 3.56. The lowest BCUT2D eigenvalue weighted by atomic mass is 9.98. The second-order valence-corrected chi connectivity index (χ2v) is 5.03. The van der Waals surface area contributed by atoms with E-state index >= 15 is 0 Å². The molecule has 1 N–H and O–H groups in total. The fourth-order valence-electron chi connectivity index (χ4n) is 2.60. The van der Waals surface area contributed by atoms with Gasteiger partial charge in [0.1, 0.15) is 11.6 Å². The van der Waals surface area contributed by atoms with E-state index in [1.807, 2.05) is 0 Å². The summed E-state index contributed by atoms with van der Waals surface area (Å²) in [4.78, 5) is 16.2. The van der Waals surface area contributed by atoms with Crippen molar-refractivity contribution >= 4 is 6.09 Å². The Morgan fingerprint density at radius 3 is 2.64 bits per heavy atom. The Morgan fingerprint density at radius 1 is 1.14 bits per heavy atom. The second kappa shape index (κ2) is 5.73. The molecule has 0 unspecified atom stereocenters. The maximum atomic E-state index is 13.9. The molecule has 1 amide bonds. The highest BCUT2D eigenvalue weighted by Crippen LogP contribution is 2.33. The van der Waals surface area contributed by atoms with Gasteiger partial charge in [-0.15, -0.1) is 0 Å². The van der Waals surface area contributed by atoms with Crippen LogP contribution in [0.15, 0.2) is 42.5 Å². The fraction of sp³-hybridized carbons (Fsp3) is 0.188. The topological polar surface area (TPSA) is 49.8 Å². The number of benzene rings is 2. The Kier molecular flexibility index (Phi) is 3.77. The number of carboxylic acid groups (broad SMARTS) is 1. The van der Waals surface area contributed by atoms with Crippen LogP contribution < -0.4 is 0 Å². The van der Waals surface area contributed by atoms with Crippen LogP contribution in [0.3, 0.4) is 0 Å². The number of halogens is 2. The normalized spacial score (nSPS) is 17.7. The van der Waals surface area contributed by atoms with E-state index in [9.17, 15) is 13.6 Å². The molecule has 1 saturated heterocycles. The number of amides is 1. The number of nitrogens with zero attached hydrogens (tertiary/aromatic N) is 1. The van der Waals surface area contributed by atoms with E-state index in [-0.39, 0.29) is 6.61 Å². The largest absolute Gasteiger partial charge is 0.463 e. The Balaban J connectivity index is 2.02. The molecule has 0 aliphatic carbocycles. The van der Waals surface area contributed by atoms with Crippen molar-refractivity contribution in [3.8, 4) is 11.1 Å². The smallest absolute Gasteiger partial charge is 0.432 e. The molecule has 6 heteroatoms. The molecule has 0 aromatic heterocycles. The molecule has 4 nitrogen and oxygen atoms in total. The first kappa shape index (κ1) is 14.5. The molecule has 114 valence electrons. The van der Waals surface area contributed by atoms with Crippen LogP contribution in [0, 0.1) is 11.6 Å². The molecule has 1 aliphatic heterocycles. The van der Waals surface area contributed by atoms with E-state index in [1.165, 1.54) is 30.3 Å². The summed E-state index contributed by atoms with van der Waals surface area (Å²) in [5.74, 6) is -0.923. The highest BCUT2D eigenvalue weighted by atomic mass is 19.1. The van der Waals surface area contributed by atoms with Gasteiger partial charge in [-0.2, -0.15) is 5.06 Å². The summed E-state index contributed by atoms with van der Waals surface area (Å²) in [6.07, 6.45) is -0.780. The SMILES string of the molecule is O=C(O)N1OCC[C@@H]1c1cc(F)cc(-c2cccc(F)c2)c1. The Bertz CT molecular complexity index is 720. The Labute approximate surface area is 125 Å². The standard InChI is InChI=1S/C16H13F2NO3/c17-13-3-1-2-10(7-13)11-6-12(9-14(18)8-11)15-4-5-22-19(15)16(20)21/h1-3,6-9,15H,4-5H2,(H,20,21)/t15-/m1/s1. The third-order valence-corrected chi connectivity index (χ3v) is 3.56. The molecule has 1 fully saturated rings. The van der Waals surface area contributed by atoms with Crippen molar-refractivity contribution in [2.24, 2.45) is 0 Å². The minimum atomic E-state index is -1.22. The van der Waals surface area contributed by atoms with Gasteiger partial charge in [0, 0.05) is 6.42 Å². The quantitative estimate of drug-likeness (QED) is 0.912. The first-order valence-corrected chi connectivity index (χ1v) is 6.76. The molecule has 2 aromatic rings. The lowest BCUT2D eigenvalue weighted by molar-refractivity contribution is -0.104. The number of hydroxylamine groups is 2. The van der Waals surface area contributed by atoms with Gasteiger partial charge in [-0.1, -0.05) is 12.1 Å². The summed E-state index contributed by atoms with van der Waals surface area (Å²) in [6, 6.07) is 9.48. The molecule has 0 spiro atoms. The lowest BCUT2D eigenvalue weighted by Crippen LogP contribution is -2.27. The number of carbonyl (C=O) groups is 1. The predicted molar refractivity (Wildman–Crippen MR) is 75.0 cm³/mol. The van der Waals surface area contributed by atoms with Crippen LogP contribution in [-0.4, -0.2) is 22.9 Å². The molecule has 3 rings (SSSR count). The van der Waals surface area contributed by atoms with Crippen molar-refractivity contribution in [3.05, 3.63) is 59.7 Å². The Hall–Kier alpha value is -2.47. The molecule has 0 bridgehead atoms. The minimum Gasteiger partial charge on any atom is -0.463 e. The van der Waals surface area contributed by atoms with Gasteiger partial charge in [-0.3, -0.25) is 4.84 Å². The first-order chi connectivity index (χ1) is 10.5. The molecular weight excluding hydrogens is 292 g/mol. The van der Waals surface area contributed by atoms with E-state index < -0.39 is 23.8 Å². The van der Waals surface area contributed by atoms with Crippen LogP contribution in [0.4, 0.5) is 13.6 Å². The minimum absolute atomic E-state index is 0.253. The Morgan fingerprint density at radius 2 is 1.91 bits per heavy atom. The van der Waals surface area contributed by atoms with Crippen LogP contribution in [0.1, 0.15) is 18.0 Å². The molecule has 2 aromatic carbocycles. The summed E-state index contributed by atoms with van der Waals surface area (Å²) >= 11 is 0. The lowest BCUT2D eigenvalue weighted by Gasteiger charge is -2.20. The predicted octanol–water partition coefficient (Wildman–Crippen LogP) is 3.99. The van der Waals surface area contributed by atoms with E-state index in [0.717, 1.165) is 5.06 Å². The highest BCUT2D eigenvalue weighted by Gasteiger charge is 2.32. The van der Waals surface area contributed by atoms with Gasteiger partial charge in [0.15, 0.2) is 0 Å². The maximum Gasteiger partial charge on any atom is 0.432 e. The van der Waals surface area contributed by atoms with Crippen molar-refractivity contribution in [1.29, 1.82) is 0 Å². The van der Waals surface area contributed by atoms with Crippen LogP contribution in [0.5, 0.6) is 0 Å². The molecule has 1 aliphatic rings. The summed E-state index contributed by atoms with van der Waals surface area (Å²) in [5, 5.41) is 9.92. The summed E-state index contributed by atoms with van der Waals surface area (Å²) in [5.41, 5.74) is 1.51. The molecule has 1 atom stereocenters. The van der Waals surface area contributed by atoms with E-state index in [4.69, 9.17) is 9.94 Å². The van der Waals surface area contributed by atoms with Gasteiger partial charge in [0.25, 0.3) is 0 Å². The van der Waals surface area contributed by atoms with Gasteiger partial charge >= 0.3 is 6.09 Å². The van der Waals surface area contributed by atoms with E-state index in [0.29, 0.717) is 23.1 Å². The van der Waals surface area contributed by atoms with Crippen molar-refractivity contribution < 1.29 is 23.5 Å². The highest BCUT2D eigenvalue weighted by molar-refractivity contribution is 5.67. The number of hydrogen-bond donors (Lipinski definition) is 1. The molecule has 0 radical (unpaired) electrons. The van der Waals surface area contributed by atoms with Gasteiger partial charge < -0.3 is 5.11 Å².